The number of carbonyl (C=O) groups is 1. The van der Waals surface area contributed by atoms with Crippen molar-refractivity contribution in [1.29, 1.82) is 0 Å². The van der Waals surface area contributed by atoms with E-state index < -0.39 is 17.0 Å². The largest absolute Gasteiger partial charge is 0.463 e. The molecule has 1 aromatic rings. The lowest BCUT2D eigenvalue weighted by atomic mass is 10.0. The quantitative estimate of drug-likeness (QED) is 0.388. The summed E-state index contributed by atoms with van der Waals surface area (Å²) in [7, 11) is 0. The highest BCUT2D eigenvalue weighted by Crippen LogP contribution is 2.31. The normalized spacial score (nSPS) is 11.7. The van der Waals surface area contributed by atoms with Gasteiger partial charge in [0.15, 0.2) is 0 Å². The van der Waals surface area contributed by atoms with E-state index in [9.17, 15) is 20.0 Å². The summed E-state index contributed by atoms with van der Waals surface area (Å²) < 4.78 is 5.16. The van der Waals surface area contributed by atoms with Crippen molar-refractivity contribution in [2.24, 2.45) is 0 Å². The molecule has 0 saturated carbocycles. The molecule has 0 spiro atoms. The Labute approximate surface area is 118 Å². The molecule has 0 aliphatic heterocycles. The van der Waals surface area contributed by atoms with Crippen LogP contribution >= 0.6 is 15.9 Å². The van der Waals surface area contributed by atoms with E-state index in [1.165, 1.54) is 18.2 Å². The maximum atomic E-state index is 11.5. The molecule has 6 nitrogen and oxygen atoms in total. The molecule has 0 aromatic heterocycles. The van der Waals surface area contributed by atoms with Gasteiger partial charge in [0.1, 0.15) is 6.10 Å². The van der Waals surface area contributed by atoms with Crippen molar-refractivity contribution in [2.45, 2.75) is 13.0 Å². The molecule has 102 valence electrons. The van der Waals surface area contributed by atoms with Crippen molar-refractivity contribution in [2.75, 3.05) is 6.61 Å². The van der Waals surface area contributed by atoms with Crippen LogP contribution in [0.3, 0.4) is 0 Å². The fraction of sp³-hybridized carbons (Fsp3) is 0.250. The molecule has 0 aliphatic rings. The highest BCUT2D eigenvalue weighted by molar-refractivity contribution is 9.10. The molecular formula is C12H12BrNO5. The van der Waals surface area contributed by atoms with Gasteiger partial charge >= 0.3 is 5.97 Å². The Kier molecular flexibility index (Phi) is 5.20. The Balaban J connectivity index is 3.08. The Bertz CT molecular complexity index is 529. The van der Waals surface area contributed by atoms with Crippen molar-refractivity contribution >= 4 is 27.6 Å². The van der Waals surface area contributed by atoms with Crippen LogP contribution < -0.4 is 0 Å². The molecule has 0 aliphatic carbocycles. The lowest BCUT2D eigenvalue weighted by Crippen LogP contribution is -2.14. The average Bonchev–Trinajstić information content (AvgIpc) is 2.37. The van der Waals surface area contributed by atoms with Gasteiger partial charge in [-0.3, -0.25) is 10.1 Å². The number of hydrogen-bond donors (Lipinski definition) is 1. The van der Waals surface area contributed by atoms with Gasteiger partial charge in [-0.25, -0.2) is 4.79 Å². The minimum Gasteiger partial charge on any atom is -0.463 e. The number of benzene rings is 1. The molecule has 19 heavy (non-hydrogen) atoms. The van der Waals surface area contributed by atoms with E-state index >= 15 is 0 Å². The zero-order chi connectivity index (χ0) is 14.6. The van der Waals surface area contributed by atoms with E-state index in [-0.39, 0.29) is 23.4 Å². The summed E-state index contributed by atoms with van der Waals surface area (Å²) in [6.07, 6.45) is -1.37. The zero-order valence-corrected chi connectivity index (χ0v) is 11.7. The number of nitro groups is 1. The van der Waals surface area contributed by atoms with Crippen molar-refractivity contribution < 1.29 is 19.6 Å². The van der Waals surface area contributed by atoms with Gasteiger partial charge in [-0.05, 0) is 13.0 Å². The summed E-state index contributed by atoms with van der Waals surface area (Å²) >= 11 is 3.16. The van der Waals surface area contributed by atoms with Crippen molar-refractivity contribution in [3.8, 4) is 0 Å². The highest BCUT2D eigenvalue weighted by Gasteiger charge is 2.23. The number of ether oxygens (including phenoxy) is 1. The minimum absolute atomic E-state index is 0.153. The predicted octanol–water partition coefficient (Wildman–Crippen LogP) is 2.51. The number of aliphatic hydroxyl groups is 1. The third kappa shape index (κ3) is 3.62. The van der Waals surface area contributed by atoms with Gasteiger partial charge in [-0.15, -0.1) is 0 Å². The molecular weight excluding hydrogens is 318 g/mol. The summed E-state index contributed by atoms with van der Waals surface area (Å²) in [5, 5.41) is 20.7. The van der Waals surface area contributed by atoms with E-state index in [1.54, 1.807) is 6.92 Å². The maximum Gasteiger partial charge on any atom is 0.336 e. The number of rotatable bonds is 5. The first kappa shape index (κ1) is 15.3. The molecule has 0 saturated heterocycles. The molecule has 0 radical (unpaired) electrons. The van der Waals surface area contributed by atoms with E-state index in [1.807, 2.05) is 0 Å². The second-order valence-electron chi connectivity index (χ2n) is 3.61. The van der Waals surface area contributed by atoms with Gasteiger partial charge in [-0.1, -0.05) is 22.5 Å². The number of hydrogen-bond acceptors (Lipinski definition) is 5. The molecule has 1 unspecified atom stereocenters. The van der Waals surface area contributed by atoms with Crippen LogP contribution in [0.1, 0.15) is 18.6 Å². The van der Waals surface area contributed by atoms with Crippen LogP contribution in [0, 0.1) is 10.1 Å². The van der Waals surface area contributed by atoms with Crippen LogP contribution in [0.25, 0.3) is 0 Å². The summed E-state index contributed by atoms with van der Waals surface area (Å²) in [5.41, 5.74) is -0.177. The van der Waals surface area contributed by atoms with Crippen LogP contribution in [-0.4, -0.2) is 22.6 Å². The minimum atomic E-state index is -1.37. The SMILES string of the molecule is C=C(C(=O)OCC)C(O)c1cc([N+](=O)[O-])ccc1Br. The molecule has 0 heterocycles. The first-order chi connectivity index (χ1) is 8.88. The van der Waals surface area contributed by atoms with E-state index in [0.29, 0.717) is 4.47 Å². The van der Waals surface area contributed by atoms with Crippen molar-refractivity contribution in [1.82, 2.24) is 0 Å². The number of nitro benzene ring substituents is 1. The predicted molar refractivity (Wildman–Crippen MR) is 71.5 cm³/mol. The van der Waals surface area contributed by atoms with Crippen LogP contribution in [0.4, 0.5) is 5.69 Å². The van der Waals surface area contributed by atoms with Crippen LogP contribution in [-0.2, 0) is 9.53 Å². The van der Waals surface area contributed by atoms with Gasteiger partial charge in [0.2, 0.25) is 0 Å². The number of aliphatic hydroxyl groups excluding tert-OH is 1. The molecule has 7 heteroatoms. The number of halogens is 1. The highest BCUT2D eigenvalue weighted by atomic mass is 79.9. The van der Waals surface area contributed by atoms with Crippen LogP contribution in [0.15, 0.2) is 34.8 Å². The Morgan fingerprint density at radius 2 is 2.26 bits per heavy atom. The lowest BCUT2D eigenvalue weighted by molar-refractivity contribution is -0.385. The smallest absolute Gasteiger partial charge is 0.336 e. The third-order valence-electron chi connectivity index (χ3n) is 2.35. The van der Waals surface area contributed by atoms with Gasteiger partial charge in [0, 0.05) is 22.2 Å². The second-order valence-corrected chi connectivity index (χ2v) is 4.47. The number of non-ortho nitro benzene ring substituents is 1. The first-order valence-corrected chi connectivity index (χ1v) is 6.15. The Hall–Kier alpha value is -1.73. The monoisotopic (exact) mass is 329 g/mol. The van der Waals surface area contributed by atoms with E-state index in [2.05, 4.69) is 22.5 Å². The van der Waals surface area contributed by atoms with Gasteiger partial charge in [0.25, 0.3) is 5.69 Å². The number of nitrogens with zero attached hydrogens (tertiary/aromatic N) is 1. The fourth-order valence-electron chi connectivity index (χ4n) is 1.38. The average molecular weight is 330 g/mol. The van der Waals surface area contributed by atoms with Gasteiger partial charge in [0.05, 0.1) is 17.1 Å². The van der Waals surface area contributed by atoms with Crippen LogP contribution in [0.5, 0.6) is 0 Å². The maximum absolute atomic E-state index is 11.5. The summed E-state index contributed by atoms with van der Waals surface area (Å²) in [6, 6.07) is 3.89. The van der Waals surface area contributed by atoms with Crippen molar-refractivity contribution in [3.63, 3.8) is 0 Å². The zero-order valence-electron chi connectivity index (χ0n) is 10.1. The molecule has 0 bridgehead atoms. The molecule has 0 fully saturated rings. The Morgan fingerprint density at radius 1 is 1.63 bits per heavy atom. The summed E-state index contributed by atoms with van der Waals surface area (Å²) in [6.45, 7) is 5.23. The van der Waals surface area contributed by atoms with E-state index in [0.717, 1.165) is 0 Å². The lowest BCUT2D eigenvalue weighted by Gasteiger charge is -2.14. The topological polar surface area (TPSA) is 89.7 Å². The third-order valence-corrected chi connectivity index (χ3v) is 3.07. The summed E-state index contributed by atoms with van der Waals surface area (Å²) in [4.78, 5) is 21.6. The molecule has 1 N–H and O–H groups in total. The fourth-order valence-corrected chi connectivity index (χ4v) is 1.84. The molecule has 1 aromatic carbocycles. The summed E-state index contributed by atoms with van der Waals surface area (Å²) in [5.74, 6) is -0.742. The molecule has 1 atom stereocenters. The Morgan fingerprint density at radius 3 is 2.79 bits per heavy atom. The van der Waals surface area contributed by atoms with Gasteiger partial charge < -0.3 is 9.84 Å². The molecule has 1 rings (SSSR count). The number of esters is 1. The van der Waals surface area contributed by atoms with Crippen molar-refractivity contribution in [3.05, 3.63) is 50.5 Å². The van der Waals surface area contributed by atoms with Crippen LogP contribution in [0.2, 0.25) is 0 Å². The first-order valence-electron chi connectivity index (χ1n) is 5.36. The van der Waals surface area contributed by atoms with Gasteiger partial charge in [-0.2, -0.15) is 0 Å². The molecule has 0 amide bonds. The second kappa shape index (κ2) is 6.44. The van der Waals surface area contributed by atoms with E-state index in [4.69, 9.17) is 4.74 Å². The number of carbonyl (C=O) groups excluding carboxylic acids is 1. The standard InChI is InChI=1S/C12H12BrNO5/c1-3-19-12(16)7(2)11(15)9-6-8(14(17)18)4-5-10(9)13/h4-6,11,15H,2-3H2,1H3.